The highest BCUT2D eigenvalue weighted by molar-refractivity contribution is 7.80. The van der Waals surface area contributed by atoms with Gasteiger partial charge in [-0.05, 0) is 25.6 Å². The Morgan fingerprint density at radius 2 is 2.14 bits per heavy atom. The van der Waals surface area contributed by atoms with Crippen LogP contribution in [0.15, 0.2) is 0 Å². The van der Waals surface area contributed by atoms with E-state index in [0.717, 1.165) is 11.7 Å². The highest BCUT2D eigenvalue weighted by atomic mass is 32.1. The van der Waals surface area contributed by atoms with E-state index in [1.54, 1.807) is 7.11 Å². The lowest BCUT2D eigenvalue weighted by atomic mass is 10.2. The zero-order valence-corrected chi connectivity index (χ0v) is 10.2. The number of unbranched alkanes of at least 4 members (excludes halogenated alkanes) is 2. The van der Waals surface area contributed by atoms with Crippen LogP contribution < -0.4 is 10.6 Å². The number of hydrogen-bond acceptors (Lipinski definition) is 2. The molecule has 14 heavy (non-hydrogen) atoms. The lowest BCUT2D eigenvalue weighted by Crippen LogP contribution is -2.42. The van der Waals surface area contributed by atoms with Gasteiger partial charge in [-0.15, -0.1) is 0 Å². The summed E-state index contributed by atoms with van der Waals surface area (Å²) in [6.45, 7) is 5.87. The Balaban J connectivity index is 3.35. The molecule has 0 aliphatic carbocycles. The van der Waals surface area contributed by atoms with E-state index >= 15 is 0 Å². The molecule has 0 fully saturated rings. The molecule has 0 aromatic rings. The quantitative estimate of drug-likeness (QED) is 0.503. The summed E-state index contributed by atoms with van der Waals surface area (Å²) in [7, 11) is 1.69. The number of thiocarbonyl (C=S) groups is 1. The maximum absolute atomic E-state index is 5.12. The van der Waals surface area contributed by atoms with Crippen molar-refractivity contribution in [2.24, 2.45) is 0 Å². The second-order valence-electron chi connectivity index (χ2n) is 3.46. The van der Waals surface area contributed by atoms with E-state index in [4.69, 9.17) is 17.0 Å². The maximum atomic E-state index is 5.12. The van der Waals surface area contributed by atoms with E-state index in [1.807, 2.05) is 6.92 Å². The number of nitrogens with one attached hydrogen (secondary N) is 2. The van der Waals surface area contributed by atoms with Crippen LogP contribution >= 0.6 is 12.2 Å². The van der Waals surface area contributed by atoms with Crippen molar-refractivity contribution >= 4 is 17.3 Å². The monoisotopic (exact) mass is 218 g/mol. The Morgan fingerprint density at radius 3 is 2.71 bits per heavy atom. The molecule has 1 unspecified atom stereocenters. The lowest BCUT2D eigenvalue weighted by Gasteiger charge is -2.15. The van der Waals surface area contributed by atoms with Gasteiger partial charge in [0.15, 0.2) is 5.11 Å². The molecule has 3 nitrogen and oxygen atoms in total. The summed E-state index contributed by atoms with van der Waals surface area (Å²) in [5.74, 6) is 0. The molecule has 4 heteroatoms. The number of rotatable bonds is 7. The molecule has 0 radical (unpaired) electrons. The molecule has 0 rings (SSSR count). The fourth-order valence-electron chi connectivity index (χ4n) is 1.14. The standard InChI is InChI=1S/C10H22N2OS/c1-4-5-6-7-11-10(14)12-9(2)8-13-3/h9H,4-8H2,1-3H3,(H2,11,12,14). The highest BCUT2D eigenvalue weighted by Crippen LogP contribution is 1.91. The van der Waals surface area contributed by atoms with Gasteiger partial charge in [0, 0.05) is 19.7 Å². The van der Waals surface area contributed by atoms with Gasteiger partial charge in [0.05, 0.1) is 6.61 Å². The summed E-state index contributed by atoms with van der Waals surface area (Å²) in [6, 6.07) is 0.270. The van der Waals surface area contributed by atoms with Crippen molar-refractivity contribution in [3.05, 3.63) is 0 Å². The first-order valence-corrected chi connectivity index (χ1v) is 5.64. The van der Waals surface area contributed by atoms with Gasteiger partial charge >= 0.3 is 0 Å². The van der Waals surface area contributed by atoms with Gasteiger partial charge in [0.1, 0.15) is 0 Å². The van der Waals surface area contributed by atoms with Crippen LogP contribution in [0.4, 0.5) is 0 Å². The van der Waals surface area contributed by atoms with Crippen LogP contribution in [0, 0.1) is 0 Å². The van der Waals surface area contributed by atoms with Gasteiger partial charge in [0.2, 0.25) is 0 Å². The molecule has 84 valence electrons. The number of hydrogen-bond donors (Lipinski definition) is 2. The Kier molecular flexibility index (Phi) is 8.98. The average Bonchev–Trinajstić information content (AvgIpc) is 2.13. The van der Waals surface area contributed by atoms with Gasteiger partial charge in [-0.1, -0.05) is 19.8 Å². The van der Waals surface area contributed by atoms with E-state index in [2.05, 4.69) is 17.6 Å². The fraction of sp³-hybridized carbons (Fsp3) is 0.900. The Hall–Kier alpha value is -0.350. The van der Waals surface area contributed by atoms with Gasteiger partial charge < -0.3 is 15.4 Å². The third-order valence-electron chi connectivity index (χ3n) is 1.86. The van der Waals surface area contributed by atoms with Crippen molar-refractivity contribution in [1.82, 2.24) is 10.6 Å². The third-order valence-corrected chi connectivity index (χ3v) is 2.12. The highest BCUT2D eigenvalue weighted by Gasteiger charge is 2.01. The minimum Gasteiger partial charge on any atom is -0.383 e. The topological polar surface area (TPSA) is 33.3 Å². The van der Waals surface area contributed by atoms with Gasteiger partial charge in [-0.3, -0.25) is 0 Å². The fourth-order valence-corrected chi connectivity index (χ4v) is 1.45. The predicted octanol–water partition coefficient (Wildman–Crippen LogP) is 1.68. The number of ether oxygens (including phenoxy) is 1. The normalized spacial score (nSPS) is 12.2. The first-order chi connectivity index (χ1) is 6.70. The zero-order chi connectivity index (χ0) is 10.8. The van der Waals surface area contributed by atoms with Crippen LogP contribution in [0.3, 0.4) is 0 Å². The minimum absolute atomic E-state index is 0.270. The number of methoxy groups -OCH3 is 1. The van der Waals surface area contributed by atoms with Crippen LogP contribution in [-0.4, -0.2) is 31.4 Å². The summed E-state index contributed by atoms with van der Waals surface area (Å²) >= 11 is 5.12. The van der Waals surface area contributed by atoms with Gasteiger partial charge in [-0.25, -0.2) is 0 Å². The Bertz CT molecular complexity index is 153. The molecule has 0 aromatic heterocycles. The van der Waals surface area contributed by atoms with E-state index in [-0.39, 0.29) is 6.04 Å². The second kappa shape index (κ2) is 9.21. The van der Waals surface area contributed by atoms with Crippen molar-refractivity contribution in [3.63, 3.8) is 0 Å². The van der Waals surface area contributed by atoms with Crippen LogP contribution in [-0.2, 0) is 4.74 Å². The molecule has 0 amide bonds. The molecule has 0 spiro atoms. The smallest absolute Gasteiger partial charge is 0.166 e. The summed E-state index contributed by atoms with van der Waals surface area (Å²) in [5.41, 5.74) is 0. The molecule has 0 saturated carbocycles. The molecule has 0 aliphatic heterocycles. The van der Waals surface area contributed by atoms with E-state index in [9.17, 15) is 0 Å². The summed E-state index contributed by atoms with van der Waals surface area (Å²) < 4.78 is 5.00. The first-order valence-electron chi connectivity index (χ1n) is 5.24. The summed E-state index contributed by atoms with van der Waals surface area (Å²) in [5, 5.41) is 7.05. The van der Waals surface area contributed by atoms with Gasteiger partial charge in [0.25, 0.3) is 0 Å². The van der Waals surface area contributed by atoms with Crippen LogP contribution in [0.5, 0.6) is 0 Å². The largest absolute Gasteiger partial charge is 0.383 e. The molecular weight excluding hydrogens is 196 g/mol. The molecule has 1 atom stereocenters. The third kappa shape index (κ3) is 8.26. The lowest BCUT2D eigenvalue weighted by molar-refractivity contribution is 0.179. The molecule has 0 saturated heterocycles. The van der Waals surface area contributed by atoms with Crippen LogP contribution in [0.1, 0.15) is 33.1 Å². The van der Waals surface area contributed by atoms with Crippen molar-refractivity contribution in [1.29, 1.82) is 0 Å². The molecule has 0 bridgehead atoms. The predicted molar refractivity (Wildman–Crippen MR) is 64.6 cm³/mol. The average molecular weight is 218 g/mol. The second-order valence-corrected chi connectivity index (χ2v) is 3.87. The zero-order valence-electron chi connectivity index (χ0n) is 9.43. The molecule has 0 aliphatic rings. The molecular formula is C10H22N2OS. The Labute approximate surface area is 92.6 Å². The SMILES string of the molecule is CCCCCNC(=S)NC(C)COC. The molecule has 2 N–H and O–H groups in total. The first kappa shape index (κ1) is 13.7. The maximum Gasteiger partial charge on any atom is 0.166 e. The van der Waals surface area contributed by atoms with E-state index in [1.165, 1.54) is 19.3 Å². The van der Waals surface area contributed by atoms with Crippen molar-refractivity contribution in [2.75, 3.05) is 20.3 Å². The van der Waals surface area contributed by atoms with Crippen molar-refractivity contribution < 1.29 is 4.74 Å². The van der Waals surface area contributed by atoms with Crippen molar-refractivity contribution in [2.45, 2.75) is 39.2 Å². The molecule has 0 aromatic carbocycles. The Morgan fingerprint density at radius 1 is 1.43 bits per heavy atom. The summed E-state index contributed by atoms with van der Waals surface area (Å²) in [4.78, 5) is 0. The van der Waals surface area contributed by atoms with Crippen LogP contribution in [0.2, 0.25) is 0 Å². The van der Waals surface area contributed by atoms with Crippen molar-refractivity contribution in [3.8, 4) is 0 Å². The van der Waals surface area contributed by atoms with Crippen LogP contribution in [0.25, 0.3) is 0 Å². The summed E-state index contributed by atoms with van der Waals surface area (Å²) in [6.07, 6.45) is 3.67. The van der Waals surface area contributed by atoms with Gasteiger partial charge in [-0.2, -0.15) is 0 Å². The molecule has 0 heterocycles. The van der Waals surface area contributed by atoms with E-state index < -0.39 is 0 Å². The minimum atomic E-state index is 0.270. The van der Waals surface area contributed by atoms with E-state index in [0.29, 0.717) is 6.61 Å².